The maximum Gasteiger partial charge on any atom is 0.333 e. The fraction of sp³-hybridized carbons (Fsp3) is 0.429. The summed E-state index contributed by atoms with van der Waals surface area (Å²) in [6, 6.07) is 8.84. The summed E-state index contributed by atoms with van der Waals surface area (Å²) in [5.41, 5.74) is 0.692. The highest BCUT2D eigenvalue weighted by molar-refractivity contribution is 7.90. The fourth-order valence-electron chi connectivity index (χ4n) is 3.97. The molecule has 0 fully saturated rings. The molecule has 0 saturated heterocycles. The van der Waals surface area contributed by atoms with Gasteiger partial charge in [0.15, 0.2) is 11.4 Å². The molecule has 14 nitrogen and oxygen atoms in total. The number of aliphatic hydroxyl groups excluding tert-OH is 1. The van der Waals surface area contributed by atoms with E-state index in [9.17, 15) is 28.8 Å². The van der Waals surface area contributed by atoms with Crippen LogP contribution in [0.2, 0.25) is 0 Å². The van der Waals surface area contributed by atoms with Crippen molar-refractivity contribution >= 4 is 39.2 Å². The molecule has 0 amide bonds. The van der Waals surface area contributed by atoms with Crippen LogP contribution in [0.5, 0.6) is 0 Å². The molecule has 230 valence electrons. The third kappa shape index (κ3) is 8.96. The molecule has 2 rings (SSSR count). The number of anilines is 2. The van der Waals surface area contributed by atoms with Crippen LogP contribution in [0, 0.1) is 22.7 Å². The number of benzene rings is 1. The fourth-order valence-corrected chi connectivity index (χ4v) is 4.60. The molecule has 1 atom stereocenters. The van der Waals surface area contributed by atoms with Gasteiger partial charge in [-0.05, 0) is 38.0 Å². The lowest BCUT2D eigenvalue weighted by molar-refractivity contribution is -0.142. The maximum absolute atomic E-state index is 12.8. The minimum atomic E-state index is -3.94. The Bertz CT molecular complexity index is 1550. The first-order valence-electron chi connectivity index (χ1n) is 13.4. The van der Waals surface area contributed by atoms with Gasteiger partial charge in [-0.3, -0.25) is 9.29 Å². The Balaban J connectivity index is 2.60. The summed E-state index contributed by atoms with van der Waals surface area (Å²) >= 11 is 0. The van der Waals surface area contributed by atoms with Crippen LogP contribution >= 0.6 is 0 Å². The van der Waals surface area contributed by atoms with Crippen molar-refractivity contribution in [3.63, 3.8) is 0 Å². The average molecular weight is 612 g/mol. The van der Waals surface area contributed by atoms with Crippen molar-refractivity contribution in [1.82, 2.24) is 13.9 Å². The normalized spacial score (nSPS) is 12.1. The standard InChI is InChI=1S/C28H37N9O5S/c1-8-13-36(20(9-2)10-3)21-11-12-23(24(14-21)34-43(40,41)35(6)7)32-33-28-31-25(15-29)26(16-30)37(28)17-22(38)18-42-27(39)19(4)5/h8,11-12,14,20,22,34,38H,1,4,9-10,13,17-18H2,2-3,5-7H3/b33-32+. The van der Waals surface area contributed by atoms with Gasteiger partial charge in [0.05, 0.1) is 12.2 Å². The Hall–Kier alpha value is -4.57. The van der Waals surface area contributed by atoms with Crippen molar-refractivity contribution in [3.05, 3.63) is 54.4 Å². The summed E-state index contributed by atoms with van der Waals surface area (Å²) in [5.74, 6) is -0.899. The number of carbonyl (C=O) groups is 1. The van der Waals surface area contributed by atoms with E-state index in [0.29, 0.717) is 6.54 Å². The molecule has 0 bridgehead atoms. The number of nitrogens with zero attached hydrogens (tertiary/aromatic N) is 8. The van der Waals surface area contributed by atoms with Gasteiger partial charge in [0, 0.05) is 37.9 Å². The van der Waals surface area contributed by atoms with Gasteiger partial charge in [0.1, 0.15) is 30.5 Å². The van der Waals surface area contributed by atoms with E-state index in [0.717, 1.165) is 27.4 Å². The number of azo groups is 1. The Labute approximate surface area is 252 Å². The molecular weight excluding hydrogens is 574 g/mol. The molecule has 1 unspecified atom stereocenters. The number of nitrogens with one attached hydrogen (secondary N) is 1. The van der Waals surface area contributed by atoms with E-state index in [1.54, 1.807) is 30.3 Å². The van der Waals surface area contributed by atoms with Crippen molar-refractivity contribution in [2.75, 3.05) is 36.9 Å². The number of aliphatic hydroxyl groups is 1. The molecule has 0 saturated carbocycles. The number of imidazole rings is 1. The Morgan fingerprint density at radius 2 is 1.93 bits per heavy atom. The zero-order valence-electron chi connectivity index (χ0n) is 25.0. The quantitative estimate of drug-likeness (QED) is 0.123. The Morgan fingerprint density at radius 3 is 2.47 bits per heavy atom. The highest BCUT2D eigenvalue weighted by Crippen LogP contribution is 2.34. The molecular formula is C28H37N9O5S. The number of aromatic nitrogens is 2. The molecule has 1 aromatic heterocycles. The highest BCUT2D eigenvalue weighted by Gasteiger charge is 2.22. The number of hydrogen-bond acceptors (Lipinski definition) is 11. The van der Waals surface area contributed by atoms with Crippen LogP contribution in [0.4, 0.5) is 23.0 Å². The molecule has 0 spiro atoms. The summed E-state index contributed by atoms with van der Waals surface area (Å²) in [6.07, 6.45) is 2.19. The first kappa shape index (κ1) is 34.6. The molecule has 0 aliphatic heterocycles. The predicted octanol–water partition coefficient (Wildman–Crippen LogP) is 3.92. The van der Waals surface area contributed by atoms with E-state index < -0.39 is 28.9 Å². The first-order valence-corrected chi connectivity index (χ1v) is 14.8. The van der Waals surface area contributed by atoms with Gasteiger partial charge >= 0.3 is 16.2 Å². The van der Waals surface area contributed by atoms with E-state index in [2.05, 4.69) is 51.8 Å². The van der Waals surface area contributed by atoms with E-state index in [4.69, 9.17) is 4.74 Å². The highest BCUT2D eigenvalue weighted by atomic mass is 32.2. The number of ether oxygens (including phenoxy) is 1. The van der Waals surface area contributed by atoms with Crippen molar-refractivity contribution < 1.29 is 23.1 Å². The largest absolute Gasteiger partial charge is 0.460 e. The number of nitriles is 2. The van der Waals surface area contributed by atoms with Crippen LogP contribution in [0.15, 0.2) is 53.2 Å². The van der Waals surface area contributed by atoms with Gasteiger partial charge in [-0.1, -0.05) is 26.5 Å². The summed E-state index contributed by atoms with van der Waals surface area (Å²) in [4.78, 5) is 17.9. The van der Waals surface area contributed by atoms with E-state index in [1.165, 1.54) is 21.0 Å². The topological polar surface area (TPSA) is 189 Å². The summed E-state index contributed by atoms with van der Waals surface area (Å²) in [5, 5.41) is 37.9. The maximum atomic E-state index is 12.8. The van der Waals surface area contributed by atoms with E-state index in [1.807, 2.05) is 6.07 Å². The zero-order valence-corrected chi connectivity index (χ0v) is 25.8. The van der Waals surface area contributed by atoms with Crippen LogP contribution in [0.1, 0.15) is 45.0 Å². The van der Waals surface area contributed by atoms with Gasteiger partial charge < -0.3 is 14.7 Å². The minimum Gasteiger partial charge on any atom is -0.460 e. The smallest absolute Gasteiger partial charge is 0.333 e. The van der Waals surface area contributed by atoms with Gasteiger partial charge in [-0.2, -0.15) is 28.2 Å². The lowest BCUT2D eigenvalue weighted by atomic mass is 10.1. The molecule has 2 N–H and O–H groups in total. The van der Waals surface area contributed by atoms with Crippen molar-refractivity contribution in [3.8, 4) is 12.1 Å². The van der Waals surface area contributed by atoms with Crippen molar-refractivity contribution in [2.24, 2.45) is 10.2 Å². The second-order valence-corrected chi connectivity index (χ2v) is 11.6. The van der Waals surface area contributed by atoms with Crippen molar-refractivity contribution in [1.29, 1.82) is 10.5 Å². The molecule has 0 aliphatic carbocycles. The Kier molecular flexibility index (Phi) is 12.6. The van der Waals surface area contributed by atoms with Crippen LogP contribution < -0.4 is 9.62 Å². The molecule has 1 heterocycles. The molecule has 0 radical (unpaired) electrons. The molecule has 2 aromatic rings. The lowest BCUT2D eigenvalue weighted by Gasteiger charge is -2.32. The predicted molar refractivity (Wildman–Crippen MR) is 162 cm³/mol. The first-order chi connectivity index (χ1) is 20.3. The molecule has 0 aliphatic rings. The van der Waals surface area contributed by atoms with Gasteiger partial charge in [-0.25, -0.2) is 4.79 Å². The molecule has 1 aromatic carbocycles. The number of esters is 1. The van der Waals surface area contributed by atoms with Gasteiger partial charge in [0.25, 0.3) is 5.95 Å². The second-order valence-electron chi connectivity index (χ2n) is 9.68. The number of hydrogen-bond donors (Lipinski definition) is 2. The number of carbonyl (C=O) groups excluding carboxylic acids is 1. The van der Waals surface area contributed by atoms with E-state index in [-0.39, 0.29) is 46.9 Å². The van der Waals surface area contributed by atoms with E-state index >= 15 is 0 Å². The average Bonchev–Trinajstić information content (AvgIpc) is 3.30. The zero-order chi connectivity index (χ0) is 32.3. The third-order valence-corrected chi connectivity index (χ3v) is 7.73. The Morgan fingerprint density at radius 1 is 1.26 bits per heavy atom. The van der Waals surface area contributed by atoms with Crippen LogP contribution in [0.3, 0.4) is 0 Å². The van der Waals surface area contributed by atoms with Gasteiger partial charge in [0.2, 0.25) is 0 Å². The SMILES string of the molecule is C=CCN(c1ccc(/N=N/c2nc(C#N)c(C#N)n2CC(O)COC(=O)C(=C)C)c(NS(=O)(=O)N(C)C)c1)C(CC)CC. The molecule has 43 heavy (non-hydrogen) atoms. The van der Waals surface area contributed by atoms with Crippen LogP contribution in [0.25, 0.3) is 0 Å². The minimum absolute atomic E-state index is 0.125. The van der Waals surface area contributed by atoms with Crippen LogP contribution in [-0.2, 0) is 26.3 Å². The third-order valence-electron chi connectivity index (χ3n) is 6.30. The summed E-state index contributed by atoms with van der Waals surface area (Å²) in [6.45, 7) is 12.7. The van der Waals surface area contributed by atoms with Crippen molar-refractivity contribution in [2.45, 2.75) is 52.3 Å². The van der Waals surface area contributed by atoms with Gasteiger partial charge in [-0.15, -0.1) is 16.8 Å². The lowest BCUT2D eigenvalue weighted by Crippen LogP contribution is -2.34. The van der Waals surface area contributed by atoms with Crippen LogP contribution in [-0.4, -0.2) is 72.7 Å². The second kappa shape index (κ2) is 15.6. The molecule has 15 heteroatoms. The summed E-state index contributed by atoms with van der Waals surface area (Å²) in [7, 11) is -1.18. The number of rotatable bonds is 16. The monoisotopic (exact) mass is 611 g/mol. The summed E-state index contributed by atoms with van der Waals surface area (Å²) < 4.78 is 35.2.